The summed E-state index contributed by atoms with van der Waals surface area (Å²) >= 11 is 0. The number of hydrogen-bond acceptors (Lipinski definition) is 6. The van der Waals surface area contributed by atoms with Gasteiger partial charge in [-0.15, -0.1) is 0 Å². The van der Waals surface area contributed by atoms with Crippen LogP contribution in [0.4, 0.5) is 4.79 Å². The van der Waals surface area contributed by atoms with Crippen LogP contribution in [0, 0.1) is 0 Å². The number of carbonyl (C=O) groups excluding carboxylic acids is 3. The number of hydrogen-bond donors (Lipinski definition) is 2. The maximum atomic E-state index is 12.6. The number of methoxy groups -OCH3 is 1. The molecular weight excluding hydrogens is 446 g/mol. The summed E-state index contributed by atoms with van der Waals surface area (Å²) in [7, 11) is 1.38. The van der Waals surface area contributed by atoms with E-state index in [0.717, 1.165) is 11.1 Å². The lowest BCUT2D eigenvalue weighted by Gasteiger charge is -2.28. The smallest absolute Gasteiger partial charge is 0.408 e. The van der Waals surface area contributed by atoms with E-state index in [0.29, 0.717) is 19.5 Å². The van der Waals surface area contributed by atoms with Gasteiger partial charge in [0.05, 0.1) is 7.11 Å². The Balaban J connectivity index is 1.68. The number of nitrogens with zero attached hydrogens (tertiary/aromatic N) is 1. The van der Waals surface area contributed by atoms with Gasteiger partial charge >= 0.3 is 12.1 Å². The van der Waals surface area contributed by atoms with Crippen molar-refractivity contribution in [2.24, 2.45) is 0 Å². The molecule has 0 spiro atoms. The number of carbonyl (C=O) groups is 3. The fourth-order valence-corrected chi connectivity index (χ4v) is 4.34. The van der Waals surface area contributed by atoms with Gasteiger partial charge in [0.1, 0.15) is 18.2 Å². The molecule has 8 nitrogen and oxygen atoms in total. The molecule has 3 rings (SSSR count). The zero-order valence-electron chi connectivity index (χ0n) is 20.8. The Labute approximate surface area is 207 Å². The maximum absolute atomic E-state index is 12.6. The molecule has 1 heterocycles. The standard InChI is InChI=1S/C27H35N3O5/c1-27(2,3)35-26(33)28-16-24(31)29-21-15-23(25(32)34-4)30(17-21)18-22(19-11-7-5-8-12-19)20-13-9-6-10-14-20/h5-14,21-23H,15-18H2,1-4H3,(H,28,33)(H,29,31)/t21-,23-/m0/s1. The minimum atomic E-state index is -0.651. The number of nitrogens with one attached hydrogen (secondary N) is 2. The molecule has 2 aromatic rings. The number of amides is 2. The van der Waals surface area contributed by atoms with Crippen molar-refractivity contribution in [1.29, 1.82) is 0 Å². The third kappa shape index (κ3) is 7.82. The third-order valence-corrected chi connectivity index (χ3v) is 5.85. The van der Waals surface area contributed by atoms with Gasteiger partial charge in [0.25, 0.3) is 0 Å². The predicted molar refractivity (Wildman–Crippen MR) is 133 cm³/mol. The van der Waals surface area contributed by atoms with E-state index in [2.05, 4.69) is 39.8 Å². The zero-order chi connectivity index (χ0) is 25.4. The first-order valence-electron chi connectivity index (χ1n) is 11.8. The average Bonchev–Trinajstić information content (AvgIpc) is 3.23. The molecule has 0 aliphatic carbocycles. The van der Waals surface area contributed by atoms with Crippen molar-refractivity contribution in [1.82, 2.24) is 15.5 Å². The van der Waals surface area contributed by atoms with Crippen LogP contribution in [0.5, 0.6) is 0 Å². The van der Waals surface area contributed by atoms with Gasteiger partial charge in [0, 0.05) is 25.0 Å². The van der Waals surface area contributed by atoms with E-state index >= 15 is 0 Å². The topological polar surface area (TPSA) is 97.0 Å². The van der Waals surface area contributed by atoms with Crippen molar-refractivity contribution in [3.05, 3.63) is 71.8 Å². The number of alkyl carbamates (subject to hydrolysis) is 1. The molecule has 0 radical (unpaired) electrons. The molecular formula is C27H35N3O5. The van der Waals surface area contributed by atoms with Gasteiger partial charge in [-0.1, -0.05) is 60.7 Å². The van der Waals surface area contributed by atoms with Crippen LogP contribution in [0.1, 0.15) is 44.2 Å². The van der Waals surface area contributed by atoms with E-state index in [1.807, 2.05) is 36.4 Å². The molecule has 2 amide bonds. The molecule has 0 unspecified atom stereocenters. The van der Waals surface area contributed by atoms with Gasteiger partial charge in [0.2, 0.25) is 5.91 Å². The second kappa shape index (κ2) is 11.8. The Bertz CT molecular complexity index is 951. The molecule has 0 aromatic heterocycles. The zero-order valence-corrected chi connectivity index (χ0v) is 20.8. The summed E-state index contributed by atoms with van der Waals surface area (Å²) in [5.74, 6) is -0.615. The average molecular weight is 482 g/mol. The van der Waals surface area contributed by atoms with Crippen LogP contribution in [0.3, 0.4) is 0 Å². The minimum absolute atomic E-state index is 0.0489. The maximum Gasteiger partial charge on any atom is 0.408 e. The normalized spacial score (nSPS) is 18.2. The summed E-state index contributed by atoms with van der Waals surface area (Å²) in [6.07, 6.45) is -0.220. The highest BCUT2D eigenvalue weighted by atomic mass is 16.6. The molecule has 2 aromatic carbocycles. The number of benzene rings is 2. The minimum Gasteiger partial charge on any atom is -0.468 e. The molecule has 1 fully saturated rings. The summed E-state index contributed by atoms with van der Waals surface area (Å²) < 4.78 is 10.2. The van der Waals surface area contributed by atoms with Crippen LogP contribution in [-0.2, 0) is 19.1 Å². The van der Waals surface area contributed by atoms with Crippen LogP contribution in [0.25, 0.3) is 0 Å². The van der Waals surface area contributed by atoms with E-state index in [9.17, 15) is 14.4 Å². The third-order valence-electron chi connectivity index (χ3n) is 5.85. The fraction of sp³-hybridized carbons (Fsp3) is 0.444. The lowest BCUT2D eigenvalue weighted by Crippen LogP contribution is -2.44. The van der Waals surface area contributed by atoms with E-state index in [4.69, 9.17) is 9.47 Å². The lowest BCUT2D eigenvalue weighted by molar-refractivity contribution is -0.145. The van der Waals surface area contributed by atoms with E-state index in [1.165, 1.54) is 7.11 Å². The first-order chi connectivity index (χ1) is 16.7. The van der Waals surface area contributed by atoms with Crippen LogP contribution < -0.4 is 10.6 Å². The Morgan fingerprint density at radius 1 is 1.00 bits per heavy atom. The van der Waals surface area contributed by atoms with E-state index < -0.39 is 17.7 Å². The van der Waals surface area contributed by atoms with Crippen LogP contribution in [0.2, 0.25) is 0 Å². The molecule has 2 atom stereocenters. The molecule has 188 valence electrons. The first-order valence-corrected chi connectivity index (χ1v) is 11.8. The van der Waals surface area contributed by atoms with Crippen LogP contribution in [-0.4, -0.2) is 67.3 Å². The van der Waals surface area contributed by atoms with Gasteiger partial charge in [-0.05, 0) is 38.3 Å². The van der Waals surface area contributed by atoms with Crippen LogP contribution in [0.15, 0.2) is 60.7 Å². The quantitative estimate of drug-likeness (QED) is 0.563. The Morgan fingerprint density at radius 2 is 1.57 bits per heavy atom. The van der Waals surface area contributed by atoms with Crippen molar-refractivity contribution in [2.75, 3.05) is 26.7 Å². The SMILES string of the molecule is COC(=O)[C@@H]1C[C@H](NC(=O)CNC(=O)OC(C)(C)C)CN1CC(c1ccccc1)c1ccccc1. The predicted octanol–water partition coefficient (Wildman–Crippen LogP) is 3.08. The summed E-state index contributed by atoms with van der Waals surface area (Å²) in [4.78, 5) is 39.0. The molecule has 1 aliphatic rings. The summed E-state index contributed by atoms with van der Waals surface area (Å²) in [5.41, 5.74) is 1.65. The molecule has 1 aliphatic heterocycles. The summed E-state index contributed by atoms with van der Waals surface area (Å²) in [6, 6.07) is 19.6. The Hall–Kier alpha value is -3.39. The van der Waals surface area contributed by atoms with Crippen molar-refractivity contribution in [3.8, 4) is 0 Å². The number of rotatable bonds is 8. The molecule has 35 heavy (non-hydrogen) atoms. The highest BCUT2D eigenvalue weighted by molar-refractivity contribution is 5.83. The summed E-state index contributed by atoms with van der Waals surface area (Å²) in [5, 5.41) is 5.40. The molecule has 1 saturated heterocycles. The summed E-state index contributed by atoms with van der Waals surface area (Å²) in [6.45, 7) is 6.15. The van der Waals surface area contributed by atoms with Gasteiger partial charge in [-0.3, -0.25) is 14.5 Å². The Kier molecular flexibility index (Phi) is 8.87. The molecule has 8 heteroatoms. The molecule has 2 N–H and O–H groups in total. The number of ether oxygens (including phenoxy) is 2. The van der Waals surface area contributed by atoms with Crippen molar-refractivity contribution < 1.29 is 23.9 Å². The highest BCUT2D eigenvalue weighted by Crippen LogP contribution is 2.29. The van der Waals surface area contributed by atoms with E-state index in [1.54, 1.807) is 20.8 Å². The van der Waals surface area contributed by atoms with Crippen LogP contribution >= 0.6 is 0 Å². The second-order valence-corrected chi connectivity index (χ2v) is 9.72. The largest absolute Gasteiger partial charge is 0.468 e. The lowest BCUT2D eigenvalue weighted by atomic mass is 9.90. The monoisotopic (exact) mass is 481 g/mol. The Morgan fingerprint density at radius 3 is 2.09 bits per heavy atom. The number of esters is 1. The number of likely N-dealkylation sites (tertiary alicyclic amines) is 1. The first kappa shape index (κ1) is 26.2. The van der Waals surface area contributed by atoms with Gasteiger partial charge in [-0.25, -0.2) is 4.79 Å². The second-order valence-electron chi connectivity index (χ2n) is 9.72. The van der Waals surface area contributed by atoms with Crippen molar-refractivity contribution >= 4 is 18.0 Å². The van der Waals surface area contributed by atoms with Gasteiger partial charge in [-0.2, -0.15) is 0 Å². The van der Waals surface area contributed by atoms with Crippen molar-refractivity contribution in [3.63, 3.8) is 0 Å². The van der Waals surface area contributed by atoms with E-state index in [-0.39, 0.29) is 30.4 Å². The molecule has 0 saturated carbocycles. The van der Waals surface area contributed by atoms with Crippen molar-refractivity contribution in [2.45, 2.75) is 50.8 Å². The fourth-order valence-electron chi connectivity index (χ4n) is 4.34. The highest BCUT2D eigenvalue weighted by Gasteiger charge is 2.39. The van der Waals surface area contributed by atoms with Gasteiger partial charge in [0.15, 0.2) is 0 Å². The van der Waals surface area contributed by atoms with Gasteiger partial charge < -0.3 is 20.1 Å². The molecule has 0 bridgehead atoms.